The Labute approximate surface area is 512 Å². The van der Waals surface area contributed by atoms with E-state index in [1.807, 2.05) is 6.08 Å². The summed E-state index contributed by atoms with van der Waals surface area (Å²) in [5.74, 6) is -0.271. The fraction of sp³-hybridized carbons (Fsp3) is 0.955. The largest absolute Gasteiger partial charge is 0.394 e. The molecule has 0 radical (unpaired) electrons. The average molecular weight is 1220 g/mol. The maximum Gasteiger partial charge on any atom is 0.220 e. The molecular weight excluding hydrogens is 1090 g/mol. The molecule has 3 aliphatic rings. The van der Waals surface area contributed by atoms with Gasteiger partial charge in [-0.2, -0.15) is 0 Å². The second-order valence-corrected chi connectivity index (χ2v) is 25.0. The van der Waals surface area contributed by atoms with E-state index in [0.717, 1.165) is 44.9 Å². The molecule has 1 amide bonds. The predicted octanol–water partition coefficient (Wildman–Crippen LogP) is 8.50. The standard InChI is InChI=1S/C66H125NO18/c1-3-5-7-9-11-13-15-17-19-20-21-22-23-24-25-26-27-28-30-31-33-35-37-39-41-43-50(71)49(67-54(72)44-42-40-38-36-34-32-29-18-16-14-12-10-8-6-4-2)48-80-64-60(78)57(75)62(52(46-69)82-64)85-66-61(79)58(76)63(53(47-70)83-66)84-65-59(77)56(74)55(73)51(45-68)81-65/h41,43,49-53,55-66,68-71,73-79H,3-40,42,44-48H2,1-2H3,(H,67,72)/b43-41+. The minimum absolute atomic E-state index is 0.249. The van der Waals surface area contributed by atoms with Gasteiger partial charge in [-0.25, -0.2) is 0 Å². The zero-order chi connectivity index (χ0) is 61.9. The summed E-state index contributed by atoms with van der Waals surface area (Å²) in [4.78, 5) is 13.4. The Bertz CT molecular complexity index is 1600. The Morgan fingerprint density at radius 1 is 0.412 bits per heavy atom. The van der Waals surface area contributed by atoms with Crippen molar-refractivity contribution in [2.75, 3.05) is 26.4 Å². The lowest BCUT2D eigenvalue weighted by Crippen LogP contribution is -2.66. The van der Waals surface area contributed by atoms with Gasteiger partial charge in [0.05, 0.1) is 38.6 Å². The molecule has 17 unspecified atom stereocenters. The molecule has 0 aromatic rings. The molecule has 3 fully saturated rings. The third-order valence-corrected chi connectivity index (χ3v) is 17.6. The number of aliphatic hydroxyl groups is 11. The summed E-state index contributed by atoms with van der Waals surface area (Å²) in [6, 6.07) is -0.968. The summed E-state index contributed by atoms with van der Waals surface area (Å²) in [6.45, 7) is 1.76. The number of carbonyl (C=O) groups excluding carboxylic acids is 1. The van der Waals surface area contributed by atoms with Crippen molar-refractivity contribution in [2.45, 2.75) is 375 Å². The first kappa shape index (κ1) is 77.8. The highest BCUT2D eigenvalue weighted by Gasteiger charge is 2.53. The molecule has 502 valence electrons. The van der Waals surface area contributed by atoms with Gasteiger partial charge in [0.1, 0.15) is 73.2 Å². The third kappa shape index (κ3) is 31.9. The Morgan fingerprint density at radius 3 is 1.11 bits per heavy atom. The summed E-state index contributed by atoms with van der Waals surface area (Å²) in [7, 11) is 0. The molecule has 0 spiro atoms. The van der Waals surface area contributed by atoms with E-state index in [0.29, 0.717) is 6.42 Å². The van der Waals surface area contributed by atoms with E-state index in [2.05, 4.69) is 19.2 Å². The quantitative estimate of drug-likeness (QED) is 0.0201. The van der Waals surface area contributed by atoms with Crippen LogP contribution in [0.15, 0.2) is 12.2 Å². The lowest BCUT2D eigenvalue weighted by molar-refractivity contribution is -0.379. The number of nitrogens with one attached hydrogen (secondary N) is 1. The molecule has 3 saturated heterocycles. The Kier molecular flexibility index (Phi) is 45.1. The minimum atomic E-state index is -1.98. The number of hydrogen-bond acceptors (Lipinski definition) is 18. The van der Waals surface area contributed by atoms with Gasteiger partial charge in [0.15, 0.2) is 18.9 Å². The minimum Gasteiger partial charge on any atom is -0.394 e. The number of allylic oxidation sites excluding steroid dienone is 1. The van der Waals surface area contributed by atoms with Gasteiger partial charge >= 0.3 is 0 Å². The molecule has 0 aliphatic carbocycles. The van der Waals surface area contributed by atoms with E-state index in [1.54, 1.807) is 6.08 Å². The van der Waals surface area contributed by atoms with Crippen molar-refractivity contribution in [2.24, 2.45) is 0 Å². The first-order valence-corrected chi connectivity index (χ1v) is 34.4. The van der Waals surface area contributed by atoms with E-state index in [9.17, 15) is 61.0 Å². The fourth-order valence-electron chi connectivity index (χ4n) is 12.0. The zero-order valence-electron chi connectivity index (χ0n) is 52.9. The first-order chi connectivity index (χ1) is 41.3. The second kappa shape index (κ2) is 49.3. The molecule has 3 rings (SSSR count). The lowest BCUT2D eigenvalue weighted by atomic mass is 9.96. The molecule has 0 aromatic heterocycles. The van der Waals surface area contributed by atoms with Crippen LogP contribution in [-0.4, -0.2) is 193 Å². The van der Waals surface area contributed by atoms with Crippen LogP contribution >= 0.6 is 0 Å². The Hall–Kier alpha value is -1.47. The van der Waals surface area contributed by atoms with E-state index < -0.39 is 124 Å². The number of hydrogen-bond donors (Lipinski definition) is 12. The van der Waals surface area contributed by atoms with Gasteiger partial charge in [-0.05, 0) is 19.3 Å². The first-order valence-electron chi connectivity index (χ1n) is 34.4. The van der Waals surface area contributed by atoms with Gasteiger partial charge in [-0.1, -0.05) is 257 Å². The van der Waals surface area contributed by atoms with Gasteiger partial charge in [-0.15, -0.1) is 0 Å². The summed E-state index contributed by atoms with van der Waals surface area (Å²) in [5, 5.41) is 120. The normalized spacial score (nSPS) is 29.0. The molecule has 0 bridgehead atoms. The number of rotatable bonds is 53. The van der Waals surface area contributed by atoms with Gasteiger partial charge in [0.2, 0.25) is 5.91 Å². The summed E-state index contributed by atoms with van der Waals surface area (Å²) < 4.78 is 34.3. The van der Waals surface area contributed by atoms with Crippen molar-refractivity contribution in [1.82, 2.24) is 5.32 Å². The van der Waals surface area contributed by atoms with Crippen LogP contribution in [0.1, 0.15) is 271 Å². The van der Waals surface area contributed by atoms with E-state index >= 15 is 0 Å². The molecule has 0 saturated carbocycles. The Morgan fingerprint density at radius 2 is 0.729 bits per heavy atom. The van der Waals surface area contributed by atoms with Crippen molar-refractivity contribution in [3.63, 3.8) is 0 Å². The third-order valence-electron chi connectivity index (χ3n) is 17.6. The number of amides is 1. The van der Waals surface area contributed by atoms with E-state index in [4.69, 9.17) is 28.4 Å². The molecule has 0 aromatic carbocycles. The smallest absolute Gasteiger partial charge is 0.220 e. The van der Waals surface area contributed by atoms with Crippen LogP contribution in [0.3, 0.4) is 0 Å². The highest BCUT2D eigenvalue weighted by molar-refractivity contribution is 5.76. The van der Waals surface area contributed by atoms with Crippen LogP contribution in [0.5, 0.6) is 0 Å². The van der Waals surface area contributed by atoms with Crippen LogP contribution in [0, 0.1) is 0 Å². The molecule has 17 atom stereocenters. The van der Waals surface area contributed by atoms with Gasteiger partial charge in [0.25, 0.3) is 0 Å². The molecule has 19 heteroatoms. The highest BCUT2D eigenvalue weighted by atomic mass is 16.8. The van der Waals surface area contributed by atoms with Crippen LogP contribution in [0.4, 0.5) is 0 Å². The lowest BCUT2D eigenvalue weighted by Gasteiger charge is -2.48. The summed E-state index contributed by atoms with van der Waals surface area (Å²) in [6.07, 6.45) is 26.2. The molecule has 19 nitrogen and oxygen atoms in total. The van der Waals surface area contributed by atoms with Crippen molar-refractivity contribution in [3.05, 3.63) is 12.2 Å². The van der Waals surface area contributed by atoms with Crippen LogP contribution in [0.2, 0.25) is 0 Å². The van der Waals surface area contributed by atoms with Gasteiger partial charge in [-0.3, -0.25) is 4.79 Å². The number of carbonyl (C=O) groups is 1. The van der Waals surface area contributed by atoms with Crippen molar-refractivity contribution in [3.8, 4) is 0 Å². The van der Waals surface area contributed by atoms with Crippen molar-refractivity contribution in [1.29, 1.82) is 0 Å². The maximum absolute atomic E-state index is 13.4. The van der Waals surface area contributed by atoms with E-state index in [1.165, 1.54) is 199 Å². The SMILES string of the molecule is CCCCCCCCCCCCCCCCCCCCCCCCC/C=C/C(O)C(COC1OC(CO)C(OC2OC(CO)C(OC3OC(CO)C(O)C(O)C3O)C(O)C2O)C(O)C1O)NC(=O)CCCCCCCCCCCCCCCCC. The Balaban J connectivity index is 1.44. The van der Waals surface area contributed by atoms with Crippen LogP contribution < -0.4 is 5.32 Å². The highest BCUT2D eigenvalue weighted by Crippen LogP contribution is 2.33. The van der Waals surface area contributed by atoms with Crippen molar-refractivity contribution >= 4 is 5.91 Å². The molecule has 12 N–H and O–H groups in total. The van der Waals surface area contributed by atoms with Crippen LogP contribution in [0.25, 0.3) is 0 Å². The summed E-state index contributed by atoms with van der Waals surface area (Å²) >= 11 is 0. The monoisotopic (exact) mass is 1220 g/mol. The molecule has 3 aliphatic heterocycles. The number of ether oxygens (including phenoxy) is 6. The topological polar surface area (TPSA) is 307 Å². The molecular formula is C66H125NO18. The summed E-state index contributed by atoms with van der Waals surface area (Å²) in [5.41, 5.74) is 0. The predicted molar refractivity (Wildman–Crippen MR) is 328 cm³/mol. The zero-order valence-corrected chi connectivity index (χ0v) is 52.9. The van der Waals surface area contributed by atoms with Gasteiger partial charge in [0, 0.05) is 6.42 Å². The number of aliphatic hydroxyl groups excluding tert-OH is 11. The van der Waals surface area contributed by atoms with E-state index in [-0.39, 0.29) is 18.9 Å². The molecule has 3 heterocycles. The number of unbranched alkanes of at least 4 members (excludes halogenated alkanes) is 37. The average Bonchev–Trinajstić information content (AvgIpc) is 3.19. The maximum atomic E-state index is 13.4. The van der Waals surface area contributed by atoms with Crippen LogP contribution in [-0.2, 0) is 33.2 Å². The molecule has 85 heavy (non-hydrogen) atoms. The van der Waals surface area contributed by atoms with Crippen molar-refractivity contribution < 1.29 is 89.4 Å². The fourth-order valence-corrected chi connectivity index (χ4v) is 12.0. The second-order valence-electron chi connectivity index (χ2n) is 25.0. The van der Waals surface area contributed by atoms with Gasteiger partial charge < -0.3 is 89.9 Å².